The number of hydrogen-bond acceptors (Lipinski definition) is 4. The molecule has 0 aliphatic carbocycles. The topological polar surface area (TPSA) is 68.7 Å². The second-order valence-electron chi connectivity index (χ2n) is 4.03. The second-order valence-corrected chi connectivity index (χ2v) is 4.03. The summed E-state index contributed by atoms with van der Waals surface area (Å²) >= 11 is 0. The maximum Gasteiger partial charge on any atom is 0.354 e. The molecule has 0 aliphatic heterocycles. The maximum absolute atomic E-state index is 11.0. The van der Waals surface area contributed by atoms with Gasteiger partial charge in [-0.15, -0.1) is 0 Å². The van der Waals surface area contributed by atoms with Crippen LogP contribution in [-0.4, -0.2) is 29.3 Å². The summed E-state index contributed by atoms with van der Waals surface area (Å²) in [4.78, 5) is 14.8. The number of carbonyl (C=O) groups is 1. The molecule has 5 heteroatoms. The van der Waals surface area contributed by atoms with Crippen LogP contribution in [0.4, 0.5) is 0 Å². The highest BCUT2D eigenvalue weighted by molar-refractivity contribution is 5.86. The summed E-state index contributed by atoms with van der Waals surface area (Å²) in [7, 11) is 0. The van der Waals surface area contributed by atoms with E-state index in [0.29, 0.717) is 18.8 Å². The molecule has 0 saturated carbocycles. The van der Waals surface area contributed by atoms with Gasteiger partial charge in [-0.3, -0.25) is 0 Å². The van der Waals surface area contributed by atoms with Gasteiger partial charge in [0.2, 0.25) is 0 Å². The minimum absolute atomic E-state index is 0.0245. The Morgan fingerprint density at radius 3 is 2.65 bits per heavy atom. The van der Waals surface area contributed by atoms with Crippen molar-refractivity contribution in [2.45, 2.75) is 6.61 Å². The van der Waals surface area contributed by atoms with Crippen LogP contribution in [0, 0.1) is 0 Å². The van der Waals surface area contributed by atoms with Crippen LogP contribution in [0.25, 0.3) is 0 Å². The lowest BCUT2D eigenvalue weighted by Gasteiger charge is -2.08. The number of carboxylic acids is 1. The lowest BCUT2D eigenvalue weighted by atomic mass is 10.2. The van der Waals surface area contributed by atoms with Crippen LogP contribution in [0.15, 0.2) is 48.7 Å². The summed E-state index contributed by atoms with van der Waals surface area (Å²) in [5.41, 5.74) is 0.580. The van der Waals surface area contributed by atoms with Crippen molar-refractivity contribution < 1.29 is 19.4 Å². The number of ether oxygens (including phenoxy) is 2. The number of aromatic carboxylic acids is 1. The number of benzene rings is 1. The van der Waals surface area contributed by atoms with Crippen molar-refractivity contribution in [3.05, 3.63) is 59.9 Å². The molecule has 0 fully saturated rings. The van der Waals surface area contributed by atoms with Gasteiger partial charge in [0, 0.05) is 11.8 Å². The van der Waals surface area contributed by atoms with Gasteiger partial charge >= 0.3 is 5.97 Å². The number of pyridine rings is 1. The summed E-state index contributed by atoms with van der Waals surface area (Å²) in [6.45, 7) is 0.989. The van der Waals surface area contributed by atoms with Crippen molar-refractivity contribution in [1.29, 1.82) is 0 Å². The van der Waals surface area contributed by atoms with E-state index in [9.17, 15) is 4.79 Å². The van der Waals surface area contributed by atoms with Gasteiger partial charge in [-0.05, 0) is 18.2 Å². The van der Waals surface area contributed by atoms with Gasteiger partial charge in [-0.1, -0.05) is 24.3 Å². The predicted octanol–water partition coefficient (Wildman–Crippen LogP) is 2.38. The third kappa shape index (κ3) is 4.07. The first-order chi connectivity index (χ1) is 9.77. The lowest BCUT2D eigenvalue weighted by molar-refractivity contribution is 0.0671. The molecule has 0 aliphatic rings. The zero-order valence-corrected chi connectivity index (χ0v) is 10.9. The summed E-state index contributed by atoms with van der Waals surface area (Å²) < 4.78 is 10.9. The van der Waals surface area contributed by atoms with Crippen LogP contribution in [0.1, 0.15) is 16.1 Å². The fourth-order valence-electron chi connectivity index (χ4n) is 1.66. The van der Waals surface area contributed by atoms with Crippen molar-refractivity contribution in [2.24, 2.45) is 0 Å². The smallest absolute Gasteiger partial charge is 0.354 e. The van der Waals surface area contributed by atoms with Gasteiger partial charge in [0.05, 0.1) is 13.2 Å². The Morgan fingerprint density at radius 1 is 1.10 bits per heavy atom. The Morgan fingerprint density at radius 2 is 1.90 bits per heavy atom. The molecule has 20 heavy (non-hydrogen) atoms. The Balaban J connectivity index is 1.75. The second kappa shape index (κ2) is 7.25. The SMILES string of the molecule is O=C(O)c1ncccc1COCCOc1ccccc1. The molecule has 0 radical (unpaired) electrons. The first kappa shape index (κ1) is 14.0. The first-order valence-electron chi connectivity index (χ1n) is 6.20. The van der Waals surface area contributed by atoms with E-state index in [1.165, 1.54) is 6.20 Å². The molecule has 0 saturated heterocycles. The van der Waals surface area contributed by atoms with E-state index in [4.69, 9.17) is 14.6 Å². The highest BCUT2D eigenvalue weighted by Crippen LogP contribution is 2.09. The van der Waals surface area contributed by atoms with Crippen LogP contribution in [0.3, 0.4) is 0 Å². The third-order valence-electron chi connectivity index (χ3n) is 2.59. The molecule has 1 N–H and O–H groups in total. The van der Waals surface area contributed by atoms with Crippen molar-refractivity contribution >= 4 is 5.97 Å². The zero-order chi connectivity index (χ0) is 14.2. The molecule has 0 bridgehead atoms. The number of rotatable bonds is 7. The van der Waals surface area contributed by atoms with Crippen molar-refractivity contribution in [2.75, 3.05) is 13.2 Å². The maximum atomic E-state index is 11.0. The fraction of sp³-hybridized carbons (Fsp3) is 0.200. The highest BCUT2D eigenvalue weighted by Gasteiger charge is 2.10. The molecule has 1 aromatic heterocycles. The summed E-state index contributed by atoms with van der Waals surface area (Å²) in [5.74, 6) is -0.270. The van der Waals surface area contributed by atoms with E-state index in [1.807, 2.05) is 30.3 Å². The molecule has 104 valence electrons. The fourth-order valence-corrected chi connectivity index (χ4v) is 1.66. The molecule has 0 unspecified atom stereocenters. The van der Waals surface area contributed by atoms with Crippen LogP contribution < -0.4 is 4.74 Å². The van der Waals surface area contributed by atoms with Gasteiger partial charge < -0.3 is 14.6 Å². The average molecular weight is 273 g/mol. The molecule has 0 spiro atoms. The molecule has 5 nitrogen and oxygen atoms in total. The van der Waals surface area contributed by atoms with Crippen LogP contribution in [-0.2, 0) is 11.3 Å². The van der Waals surface area contributed by atoms with Crippen molar-refractivity contribution in [1.82, 2.24) is 4.98 Å². The molecule has 0 amide bonds. The largest absolute Gasteiger partial charge is 0.491 e. The monoisotopic (exact) mass is 273 g/mol. The molecule has 2 rings (SSSR count). The number of carboxylic acid groups (broad SMARTS) is 1. The van der Waals surface area contributed by atoms with Crippen molar-refractivity contribution in [3.8, 4) is 5.75 Å². The average Bonchev–Trinajstić information content (AvgIpc) is 2.48. The standard InChI is InChI=1S/C15H15NO4/c17-15(18)14-12(5-4-8-16-14)11-19-9-10-20-13-6-2-1-3-7-13/h1-8H,9-11H2,(H,17,18). The molecule has 1 aromatic carbocycles. The predicted molar refractivity (Wildman–Crippen MR) is 72.8 cm³/mol. The Labute approximate surface area is 116 Å². The van der Waals surface area contributed by atoms with Gasteiger partial charge in [0.1, 0.15) is 12.4 Å². The normalized spacial score (nSPS) is 10.2. The van der Waals surface area contributed by atoms with E-state index < -0.39 is 5.97 Å². The van der Waals surface area contributed by atoms with Crippen LogP contribution in [0.5, 0.6) is 5.75 Å². The molecule has 0 atom stereocenters. The van der Waals surface area contributed by atoms with Gasteiger partial charge in [0.15, 0.2) is 5.69 Å². The van der Waals surface area contributed by atoms with Crippen LogP contribution in [0.2, 0.25) is 0 Å². The zero-order valence-electron chi connectivity index (χ0n) is 10.9. The molecule has 1 heterocycles. The number of nitrogens with zero attached hydrogens (tertiary/aromatic N) is 1. The number of aromatic nitrogens is 1. The Kier molecular flexibility index (Phi) is 5.08. The Hall–Kier alpha value is -2.40. The number of hydrogen-bond donors (Lipinski definition) is 1. The first-order valence-corrected chi connectivity index (χ1v) is 6.20. The quantitative estimate of drug-likeness (QED) is 0.784. The lowest BCUT2D eigenvalue weighted by Crippen LogP contribution is -2.10. The number of para-hydroxylation sites is 1. The third-order valence-corrected chi connectivity index (χ3v) is 2.59. The molecular weight excluding hydrogens is 258 g/mol. The highest BCUT2D eigenvalue weighted by atomic mass is 16.5. The van der Waals surface area contributed by atoms with E-state index in [2.05, 4.69) is 4.98 Å². The minimum atomic E-state index is -1.05. The van der Waals surface area contributed by atoms with Gasteiger partial charge in [0.25, 0.3) is 0 Å². The van der Waals surface area contributed by atoms with E-state index in [0.717, 1.165) is 5.75 Å². The molecular formula is C15H15NO4. The Bertz CT molecular complexity index is 557. The minimum Gasteiger partial charge on any atom is -0.491 e. The van der Waals surface area contributed by atoms with Gasteiger partial charge in [-0.25, -0.2) is 9.78 Å². The molecule has 2 aromatic rings. The summed E-state index contributed by atoms with van der Waals surface area (Å²) in [5, 5.41) is 8.97. The van der Waals surface area contributed by atoms with Crippen LogP contribution >= 0.6 is 0 Å². The van der Waals surface area contributed by atoms with E-state index in [-0.39, 0.29) is 12.3 Å². The summed E-state index contributed by atoms with van der Waals surface area (Å²) in [6.07, 6.45) is 1.45. The van der Waals surface area contributed by atoms with E-state index >= 15 is 0 Å². The summed E-state index contributed by atoms with van der Waals surface area (Å²) in [6, 6.07) is 12.8. The van der Waals surface area contributed by atoms with Gasteiger partial charge in [-0.2, -0.15) is 0 Å². The van der Waals surface area contributed by atoms with Crippen molar-refractivity contribution in [3.63, 3.8) is 0 Å². The van der Waals surface area contributed by atoms with E-state index in [1.54, 1.807) is 12.1 Å².